The Bertz CT molecular complexity index is 1380. The molecule has 3 rings (SSSR count). The molecule has 11 heteroatoms. The number of benzene rings is 2. The highest BCUT2D eigenvalue weighted by atomic mass is 32.2. The average molecular weight is 519 g/mol. The van der Waals surface area contributed by atoms with Gasteiger partial charge in [-0.1, -0.05) is 30.3 Å². The van der Waals surface area contributed by atoms with Gasteiger partial charge in [-0.3, -0.25) is 9.52 Å². The number of amides is 1. The Kier molecular flexibility index (Phi) is 8.03. The van der Waals surface area contributed by atoms with Crippen molar-refractivity contribution in [3.05, 3.63) is 89.1 Å². The molecule has 2 N–H and O–H groups in total. The van der Waals surface area contributed by atoms with Crippen LogP contribution < -0.4 is 14.9 Å². The molecule has 0 radical (unpaired) electrons. The zero-order chi connectivity index (χ0) is 26.5. The highest BCUT2D eigenvalue weighted by Crippen LogP contribution is 2.33. The first-order valence-electron chi connectivity index (χ1n) is 10.7. The number of alkyl halides is 3. The van der Waals surface area contributed by atoms with Crippen molar-refractivity contribution >= 4 is 39.2 Å². The summed E-state index contributed by atoms with van der Waals surface area (Å²) < 4.78 is 65.1. The second-order valence-corrected chi connectivity index (χ2v) is 9.82. The first-order valence-corrected chi connectivity index (χ1v) is 12.6. The van der Waals surface area contributed by atoms with Crippen molar-refractivity contribution < 1.29 is 26.4 Å². The summed E-state index contributed by atoms with van der Waals surface area (Å²) in [5, 5.41) is 2.70. The lowest BCUT2D eigenvalue weighted by Gasteiger charge is -2.21. The highest BCUT2D eigenvalue weighted by molar-refractivity contribution is 7.92. The van der Waals surface area contributed by atoms with E-state index in [0.717, 1.165) is 17.9 Å². The molecule has 36 heavy (non-hydrogen) atoms. The minimum absolute atomic E-state index is 0.0460. The van der Waals surface area contributed by atoms with Gasteiger partial charge in [0.1, 0.15) is 11.5 Å². The van der Waals surface area contributed by atoms with Crippen LogP contribution in [0.3, 0.4) is 0 Å². The average Bonchev–Trinajstić information content (AvgIpc) is 2.81. The molecular weight excluding hydrogens is 493 g/mol. The molecule has 0 unspecified atom stereocenters. The van der Waals surface area contributed by atoms with Gasteiger partial charge >= 0.3 is 6.18 Å². The van der Waals surface area contributed by atoms with E-state index < -0.39 is 27.8 Å². The summed E-state index contributed by atoms with van der Waals surface area (Å²) in [5.41, 5.74) is 1.80. The van der Waals surface area contributed by atoms with Crippen molar-refractivity contribution in [3.8, 4) is 0 Å². The number of pyridine rings is 1. The van der Waals surface area contributed by atoms with E-state index in [1.54, 1.807) is 62.5 Å². The van der Waals surface area contributed by atoms with Crippen molar-refractivity contribution in [2.45, 2.75) is 19.6 Å². The van der Waals surface area contributed by atoms with E-state index in [0.29, 0.717) is 22.5 Å². The van der Waals surface area contributed by atoms with Crippen molar-refractivity contribution in [2.75, 3.05) is 22.9 Å². The first kappa shape index (κ1) is 26.7. The molecule has 0 saturated carbocycles. The summed E-state index contributed by atoms with van der Waals surface area (Å²) in [6.07, 6.45) is -0.931. The van der Waals surface area contributed by atoms with Gasteiger partial charge in [0.2, 0.25) is 15.9 Å². The number of sulfonamides is 1. The highest BCUT2D eigenvalue weighted by Gasteiger charge is 2.33. The van der Waals surface area contributed by atoms with Gasteiger partial charge in [-0.15, -0.1) is 0 Å². The topological polar surface area (TPSA) is 91.4 Å². The molecule has 0 atom stereocenters. The van der Waals surface area contributed by atoms with Crippen LogP contribution in [0.5, 0.6) is 0 Å². The van der Waals surface area contributed by atoms with Crippen LogP contribution in [-0.2, 0) is 27.5 Å². The maximum Gasteiger partial charge on any atom is 0.433 e. The maximum atomic E-state index is 13.3. The van der Waals surface area contributed by atoms with E-state index in [1.165, 1.54) is 23.1 Å². The van der Waals surface area contributed by atoms with Crippen LogP contribution in [0.4, 0.5) is 30.4 Å². The van der Waals surface area contributed by atoms with Crippen LogP contribution in [-0.4, -0.2) is 32.6 Å². The van der Waals surface area contributed by atoms with E-state index in [2.05, 4.69) is 15.0 Å². The molecule has 2 aromatic carbocycles. The molecule has 1 aromatic heterocycles. The van der Waals surface area contributed by atoms with Gasteiger partial charge in [0.15, 0.2) is 0 Å². The molecule has 0 fully saturated rings. The summed E-state index contributed by atoms with van der Waals surface area (Å²) in [6.45, 7) is 1.91. The molecule has 0 aliphatic heterocycles. The summed E-state index contributed by atoms with van der Waals surface area (Å²) in [6, 6.07) is 15.9. The summed E-state index contributed by atoms with van der Waals surface area (Å²) >= 11 is 0. The lowest BCUT2D eigenvalue weighted by atomic mass is 10.1. The molecule has 1 amide bonds. The first-order chi connectivity index (χ1) is 16.8. The molecular formula is C25H25F3N4O3S. The molecule has 3 aromatic rings. The molecule has 7 nitrogen and oxygen atoms in total. The number of hydrogen-bond donors (Lipinski definition) is 2. The van der Waals surface area contributed by atoms with Gasteiger partial charge < -0.3 is 10.2 Å². The lowest BCUT2D eigenvalue weighted by Crippen LogP contribution is -2.20. The number of halogens is 3. The van der Waals surface area contributed by atoms with Crippen LogP contribution >= 0.6 is 0 Å². The van der Waals surface area contributed by atoms with Gasteiger partial charge in [0.05, 0.1) is 11.9 Å². The molecule has 0 saturated heterocycles. The molecule has 0 aliphatic carbocycles. The van der Waals surface area contributed by atoms with Crippen LogP contribution in [0.2, 0.25) is 0 Å². The second-order valence-electron chi connectivity index (χ2n) is 8.08. The van der Waals surface area contributed by atoms with Gasteiger partial charge in [0.25, 0.3) is 0 Å². The monoisotopic (exact) mass is 518 g/mol. The van der Waals surface area contributed by atoms with E-state index in [4.69, 9.17) is 0 Å². The Morgan fingerprint density at radius 1 is 1.08 bits per heavy atom. The van der Waals surface area contributed by atoms with Crippen molar-refractivity contribution in [3.63, 3.8) is 0 Å². The third-order valence-corrected chi connectivity index (χ3v) is 5.71. The van der Waals surface area contributed by atoms with Crippen molar-refractivity contribution in [1.29, 1.82) is 0 Å². The van der Waals surface area contributed by atoms with E-state index >= 15 is 0 Å². The van der Waals surface area contributed by atoms with Gasteiger partial charge in [-0.05, 0) is 54.5 Å². The molecule has 1 heterocycles. The Balaban J connectivity index is 1.76. The molecule has 0 aliphatic rings. The van der Waals surface area contributed by atoms with E-state index in [1.807, 2.05) is 0 Å². The quantitative estimate of drug-likeness (QED) is 0.415. The molecule has 190 valence electrons. The van der Waals surface area contributed by atoms with Crippen molar-refractivity contribution in [1.82, 2.24) is 10.3 Å². The zero-order valence-electron chi connectivity index (χ0n) is 19.8. The van der Waals surface area contributed by atoms with Crippen LogP contribution in [0.1, 0.15) is 22.4 Å². The molecule has 0 bridgehead atoms. The minimum Gasteiger partial charge on any atom is -0.348 e. The third-order valence-electron chi connectivity index (χ3n) is 5.12. The number of nitrogens with one attached hydrogen (secondary N) is 2. The van der Waals surface area contributed by atoms with Gasteiger partial charge in [0, 0.05) is 30.9 Å². The second kappa shape index (κ2) is 10.8. The SMILES string of the molecule is Cc1cc(CNC(=O)C=Cc2ccc(C(F)(F)F)nc2N(C)c2ccccc2)ccc1NS(C)(=O)=O. The minimum atomic E-state index is -4.61. The Labute approximate surface area is 207 Å². The zero-order valence-corrected chi connectivity index (χ0v) is 20.6. The third kappa shape index (κ3) is 7.32. The number of hydrogen-bond acceptors (Lipinski definition) is 5. The predicted octanol–water partition coefficient (Wildman–Crippen LogP) is 4.88. The maximum absolute atomic E-state index is 13.3. The predicted molar refractivity (Wildman–Crippen MR) is 134 cm³/mol. The van der Waals surface area contributed by atoms with E-state index in [9.17, 15) is 26.4 Å². The fourth-order valence-corrected chi connectivity index (χ4v) is 3.98. The fraction of sp³-hybridized carbons (Fsp3) is 0.200. The summed E-state index contributed by atoms with van der Waals surface area (Å²) in [4.78, 5) is 17.7. The Morgan fingerprint density at radius 2 is 1.78 bits per heavy atom. The number of carbonyl (C=O) groups is 1. The number of nitrogens with zero attached hydrogens (tertiary/aromatic N) is 2. The Morgan fingerprint density at radius 3 is 2.39 bits per heavy atom. The number of rotatable bonds is 8. The molecule has 0 spiro atoms. The normalized spacial score (nSPS) is 11.9. The number of aromatic nitrogens is 1. The number of carbonyl (C=O) groups excluding carboxylic acids is 1. The summed E-state index contributed by atoms with van der Waals surface area (Å²) in [5.74, 6) is -0.413. The van der Waals surface area contributed by atoms with E-state index in [-0.39, 0.29) is 12.4 Å². The number of anilines is 3. The van der Waals surface area contributed by atoms with Crippen LogP contribution in [0.15, 0.2) is 66.7 Å². The Hall–Kier alpha value is -3.86. The largest absolute Gasteiger partial charge is 0.433 e. The van der Waals surface area contributed by atoms with Crippen LogP contribution in [0.25, 0.3) is 6.08 Å². The lowest BCUT2D eigenvalue weighted by molar-refractivity contribution is -0.141. The van der Waals surface area contributed by atoms with Gasteiger partial charge in [-0.2, -0.15) is 13.2 Å². The fourth-order valence-electron chi connectivity index (χ4n) is 3.35. The smallest absolute Gasteiger partial charge is 0.348 e. The van der Waals surface area contributed by atoms with Crippen LogP contribution in [0, 0.1) is 6.92 Å². The van der Waals surface area contributed by atoms with Gasteiger partial charge in [-0.25, -0.2) is 13.4 Å². The number of aryl methyl sites for hydroxylation is 1. The standard InChI is InChI=1S/C25H25F3N4O3S/c1-17-15-18(9-12-21(17)31-36(3,34)35)16-29-23(33)14-11-19-10-13-22(25(26,27)28)30-24(19)32(2)20-7-5-4-6-8-20/h4-15,31H,16H2,1-3H3,(H,29,33). The van der Waals surface area contributed by atoms with Crippen molar-refractivity contribution in [2.24, 2.45) is 0 Å². The number of para-hydroxylation sites is 1. The summed E-state index contributed by atoms with van der Waals surface area (Å²) in [7, 11) is -1.81.